The highest BCUT2D eigenvalue weighted by atomic mass is 16.4. The van der Waals surface area contributed by atoms with Crippen molar-refractivity contribution in [2.75, 3.05) is 11.4 Å². The van der Waals surface area contributed by atoms with Gasteiger partial charge < -0.3 is 10.4 Å². The number of carboxylic acids is 1. The van der Waals surface area contributed by atoms with Gasteiger partial charge in [-0.3, -0.25) is 9.69 Å². The van der Waals surface area contributed by atoms with Crippen LogP contribution in [0, 0.1) is 0 Å². The Labute approximate surface area is 105 Å². The summed E-state index contributed by atoms with van der Waals surface area (Å²) in [5.41, 5.74) is 0.594. The highest BCUT2D eigenvalue weighted by Crippen LogP contribution is 2.19. The second-order valence-corrected chi connectivity index (χ2v) is 4.39. The molecule has 1 fully saturated rings. The van der Waals surface area contributed by atoms with E-state index in [0.29, 0.717) is 5.69 Å². The van der Waals surface area contributed by atoms with E-state index in [0.717, 1.165) is 19.3 Å². The Bertz CT molecular complexity index is 429. The number of carbonyl (C=O) groups excluding carboxylic acids is 1. The van der Waals surface area contributed by atoms with Crippen molar-refractivity contribution in [2.24, 2.45) is 0 Å². The Morgan fingerprint density at radius 3 is 2.44 bits per heavy atom. The SMILES string of the molecule is O=C(O)CN(C(=O)NC1CCC1)c1ccccc1. The zero-order valence-electron chi connectivity index (χ0n) is 10.0. The molecule has 0 radical (unpaired) electrons. The monoisotopic (exact) mass is 248 g/mol. The maximum atomic E-state index is 12.0. The summed E-state index contributed by atoms with van der Waals surface area (Å²) in [5, 5.41) is 11.7. The number of nitrogens with one attached hydrogen (secondary N) is 1. The van der Waals surface area contributed by atoms with E-state index in [1.807, 2.05) is 6.07 Å². The van der Waals surface area contributed by atoms with Crippen molar-refractivity contribution in [3.05, 3.63) is 30.3 Å². The molecule has 0 saturated heterocycles. The standard InChI is InChI=1S/C13H16N2O3/c16-12(17)9-15(11-7-2-1-3-8-11)13(18)14-10-5-4-6-10/h1-3,7-8,10H,4-6,9H2,(H,14,18)(H,16,17). The van der Waals surface area contributed by atoms with Gasteiger partial charge in [0.05, 0.1) is 0 Å². The third kappa shape index (κ3) is 3.00. The lowest BCUT2D eigenvalue weighted by Gasteiger charge is -2.30. The van der Waals surface area contributed by atoms with Crippen molar-refractivity contribution < 1.29 is 14.7 Å². The minimum absolute atomic E-state index is 0.192. The van der Waals surface area contributed by atoms with E-state index in [2.05, 4.69) is 5.32 Å². The molecule has 1 aliphatic rings. The number of aliphatic carboxylic acids is 1. The Morgan fingerprint density at radius 2 is 1.94 bits per heavy atom. The van der Waals surface area contributed by atoms with Crippen LogP contribution in [0.1, 0.15) is 19.3 Å². The van der Waals surface area contributed by atoms with Gasteiger partial charge in [0.2, 0.25) is 0 Å². The Morgan fingerprint density at radius 1 is 1.28 bits per heavy atom. The molecule has 0 heterocycles. The lowest BCUT2D eigenvalue weighted by Crippen LogP contribution is -2.49. The number of para-hydroxylation sites is 1. The summed E-state index contributed by atoms with van der Waals surface area (Å²) in [6.45, 7) is -0.331. The molecule has 18 heavy (non-hydrogen) atoms. The number of urea groups is 1. The van der Waals surface area contributed by atoms with E-state index in [4.69, 9.17) is 5.11 Å². The van der Waals surface area contributed by atoms with E-state index < -0.39 is 5.97 Å². The molecule has 2 N–H and O–H groups in total. The van der Waals surface area contributed by atoms with Crippen LogP contribution in [-0.4, -0.2) is 29.7 Å². The third-order valence-electron chi connectivity index (χ3n) is 3.04. The van der Waals surface area contributed by atoms with Gasteiger partial charge in [-0.1, -0.05) is 18.2 Å². The van der Waals surface area contributed by atoms with Crippen molar-refractivity contribution in [1.29, 1.82) is 0 Å². The normalized spacial score (nSPS) is 14.7. The van der Waals surface area contributed by atoms with Gasteiger partial charge in [0, 0.05) is 11.7 Å². The van der Waals surface area contributed by atoms with Crippen LogP contribution in [0.15, 0.2) is 30.3 Å². The fraction of sp³-hybridized carbons (Fsp3) is 0.385. The first kappa shape index (κ1) is 12.4. The molecule has 5 heteroatoms. The van der Waals surface area contributed by atoms with Crippen molar-refractivity contribution in [3.8, 4) is 0 Å². The molecule has 1 saturated carbocycles. The summed E-state index contributed by atoms with van der Waals surface area (Å²) >= 11 is 0. The number of hydrogen-bond donors (Lipinski definition) is 2. The van der Waals surface area contributed by atoms with E-state index in [1.165, 1.54) is 4.90 Å². The summed E-state index contributed by atoms with van der Waals surface area (Å²) in [5.74, 6) is -1.03. The second kappa shape index (κ2) is 5.53. The molecule has 5 nitrogen and oxygen atoms in total. The molecule has 0 aromatic heterocycles. The average Bonchev–Trinajstić information content (AvgIpc) is 2.31. The van der Waals surface area contributed by atoms with Crippen LogP contribution in [0.4, 0.5) is 10.5 Å². The maximum Gasteiger partial charge on any atom is 0.323 e. The predicted octanol–water partition coefficient (Wildman–Crippen LogP) is 1.84. The Hall–Kier alpha value is -2.04. The van der Waals surface area contributed by atoms with E-state index in [9.17, 15) is 9.59 Å². The first-order valence-corrected chi connectivity index (χ1v) is 6.01. The van der Waals surface area contributed by atoms with Gasteiger partial charge in [0.1, 0.15) is 6.54 Å². The van der Waals surface area contributed by atoms with Crippen LogP contribution in [0.3, 0.4) is 0 Å². The quantitative estimate of drug-likeness (QED) is 0.854. The lowest BCUT2D eigenvalue weighted by atomic mass is 9.93. The van der Waals surface area contributed by atoms with Gasteiger partial charge in [-0.2, -0.15) is 0 Å². The van der Waals surface area contributed by atoms with Gasteiger partial charge in [-0.05, 0) is 31.4 Å². The number of nitrogens with zero attached hydrogens (tertiary/aromatic N) is 1. The minimum atomic E-state index is -1.03. The van der Waals surface area contributed by atoms with Crippen LogP contribution >= 0.6 is 0 Å². The molecule has 2 rings (SSSR count). The molecule has 0 spiro atoms. The maximum absolute atomic E-state index is 12.0. The van der Waals surface area contributed by atoms with Crippen LogP contribution < -0.4 is 10.2 Å². The van der Waals surface area contributed by atoms with Gasteiger partial charge >= 0.3 is 12.0 Å². The van der Waals surface area contributed by atoms with E-state index in [1.54, 1.807) is 24.3 Å². The molecule has 0 bridgehead atoms. The molecule has 2 amide bonds. The fourth-order valence-corrected chi connectivity index (χ4v) is 1.83. The first-order chi connectivity index (χ1) is 8.66. The minimum Gasteiger partial charge on any atom is -0.480 e. The summed E-state index contributed by atoms with van der Waals surface area (Å²) in [6, 6.07) is 8.69. The molecule has 0 unspecified atom stereocenters. The van der Waals surface area contributed by atoms with Crippen LogP contribution in [0.25, 0.3) is 0 Å². The van der Waals surface area contributed by atoms with Gasteiger partial charge in [0.25, 0.3) is 0 Å². The fourth-order valence-electron chi connectivity index (χ4n) is 1.83. The molecule has 96 valence electrons. The van der Waals surface area contributed by atoms with Gasteiger partial charge in [-0.15, -0.1) is 0 Å². The number of amides is 2. The number of hydrogen-bond acceptors (Lipinski definition) is 2. The number of carbonyl (C=O) groups is 2. The summed E-state index contributed by atoms with van der Waals surface area (Å²) in [4.78, 5) is 24.1. The van der Waals surface area contributed by atoms with Crippen molar-refractivity contribution in [3.63, 3.8) is 0 Å². The van der Waals surface area contributed by atoms with Gasteiger partial charge in [0.15, 0.2) is 0 Å². The predicted molar refractivity (Wildman–Crippen MR) is 67.6 cm³/mol. The first-order valence-electron chi connectivity index (χ1n) is 6.01. The van der Waals surface area contributed by atoms with Crippen molar-refractivity contribution in [1.82, 2.24) is 5.32 Å². The molecular weight excluding hydrogens is 232 g/mol. The van der Waals surface area contributed by atoms with Crippen LogP contribution in [0.2, 0.25) is 0 Å². The number of rotatable bonds is 4. The second-order valence-electron chi connectivity index (χ2n) is 4.39. The molecule has 1 aromatic carbocycles. The van der Waals surface area contributed by atoms with Crippen molar-refractivity contribution >= 4 is 17.7 Å². The summed E-state index contributed by atoms with van der Waals surface area (Å²) in [6.07, 6.45) is 3.07. The van der Waals surface area contributed by atoms with Gasteiger partial charge in [-0.25, -0.2) is 4.79 Å². The third-order valence-corrected chi connectivity index (χ3v) is 3.04. The van der Waals surface area contributed by atoms with Crippen LogP contribution in [0.5, 0.6) is 0 Å². The molecular formula is C13H16N2O3. The highest BCUT2D eigenvalue weighted by molar-refractivity contribution is 5.96. The summed E-state index contributed by atoms with van der Waals surface area (Å²) in [7, 11) is 0. The zero-order chi connectivity index (χ0) is 13.0. The number of carboxylic acid groups (broad SMARTS) is 1. The smallest absolute Gasteiger partial charge is 0.323 e. The Balaban J connectivity index is 2.08. The summed E-state index contributed by atoms with van der Waals surface area (Å²) < 4.78 is 0. The van der Waals surface area contributed by atoms with Crippen LogP contribution in [-0.2, 0) is 4.79 Å². The largest absolute Gasteiger partial charge is 0.480 e. The number of benzene rings is 1. The van der Waals surface area contributed by atoms with E-state index in [-0.39, 0.29) is 18.6 Å². The van der Waals surface area contributed by atoms with Crippen molar-refractivity contribution in [2.45, 2.75) is 25.3 Å². The number of anilines is 1. The topological polar surface area (TPSA) is 69.6 Å². The molecule has 0 aliphatic heterocycles. The Kier molecular flexibility index (Phi) is 3.82. The molecule has 1 aliphatic carbocycles. The lowest BCUT2D eigenvalue weighted by molar-refractivity contribution is -0.135. The average molecular weight is 248 g/mol. The van der Waals surface area contributed by atoms with E-state index >= 15 is 0 Å². The molecule has 0 atom stereocenters. The molecule has 1 aromatic rings. The highest BCUT2D eigenvalue weighted by Gasteiger charge is 2.24. The zero-order valence-corrected chi connectivity index (χ0v) is 10.0.